The normalized spacial score (nSPS) is 10.5. The van der Waals surface area contributed by atoms with Gasteiger partial charge in [-0.25, -0.2) is 14.2 Å². The van der Waals surface area contributed by atoms with Crippen molar-refractivity contribution in [3.8, 4) is 0 Å². The Balaban J connectivity index is 2.16. The lowest BCUT2D eigenvalue weighted by molar-refractivity contribution is 0.0698. The summed E-state index contributed by atoms with van der Waals surface area (Å²) in [5.41, 5.74) is 5.20. The number of carboxylic acids is 1. The molecule has 0 aliphatic carbocycles. The zero-order valence-corrected chi connectivity index (χ0v) is 10.8. The third kappa shape index (κ3) is 2.87. The number of anilines is 2. The number of hydrogen-bond donors (Lipinski definition) is 3. The second-order valence-corrected chi connectivity index (χ2v) is 4.15. The number of benzene rings is 1. The second kappa shape index (κ2) is 5.60. The summed E-state index contributed by atoms with van der Waals surface area (Å²) in [6.45, 7) is 2.08. The van der Waals surface area contributed by atoms with Crippen LogP contribution in [0.4, 0.5) is 15.8 Å². The van der Waals surface area contributed by atoms with Gasteiger partial charge in [0.15, 0.2) is 0 Å². The Labute approximate surface area is 114 Å². The summed E-state index contributed by atoms with van der Waals surface area (Å²) in [7, 11) is 0. The molecule has 0 fully saturated rings. The molecule has 6 nitrogen and oxygen atoms in total. The Bertz CT molecular complexity index is 640. The summed E-state index contributed by atoms with van der Waals surface area (Å²) in [6.07, 6.45) is 2.31. The van der Waals surface area contributed by atoms with Gasteiger partial charge in [-0.1, -0.05) is 6.92 Å². The third-order valence-corrected chi connectivity index (χ3v) is 2.75. The first-order valence-electron chi connectivity index (χ1n) is 6.01. The molecule has 1 aromatic carbocycles. The first-order valence-corrected chi connectivity index (χ1v) is 6.01. The lowest BCUT2D eigenvalue weighted by Crippen LogP contribution is -2.07. The first-order chi connectivity index (χ1) is 9.51. The van der Waals surface area contributed by atoms with Gasteiger partial charge in [-0.2, -0.15) is 0 Å². The minimum atomic E-state index is -1.21. The van der Waals surface area contributed by atoms with E-state index in [1.807, 2.05) is 6.92 Å². The molecule has 1 aromatic heterocycles. The number of carboxylic acid groups (broad SMARTS) is 1. The summed E-state index contributed by atoms with van der Waals surface area (Å²) in [4.78, 5) is 15.0. The van der Waals surface area contributed by atoms with Gasteiger partial charge in [0.2, 0.25) is 5.89 Å². The molecule has 7 heteroatoms. The van der Waals surface area contributed by atoms with Crippen molar-refractivity contribution in [1.82, 2.24) is 4.98 Å². The van der Waals surface area contributed by atoms with E-state index in [1.54, 1.807) is 6.20 Å². The molecule has 0 aliphatic rings. The SMILES string of the molecule is CCc1cnc(CNc2cc(C(=O)O)c(N)cc2F)o1. The maximum absolute atomic E-state index is 13.7. The van der Waals surface area contributed by atoms with Crippen molar-refractivity contribution in [1.29, 1.82) is 0 Å². The van der Waals surface area contributed by atoms with Gasteiger partial charge in [0.05, 0.1) is 24.0 Å². The van der Waals surface area contributed by atoms with Crippen molar-refractivity contribution in [3.05, 3.63) is 41.4 Å². The molecule has 0 aliphatic heterocycles. The van der Waals surface area contributed by atoms with Crippen LogP contribution in [-0.4, -0.2) is 16.1 Å². The van der Waals surface area contributed by atoms with E-state index in [9.17, 15) is 9.18 Å². The van der Waals surface area contributed by atoms with Gasteiger partial charge in [0.25, 0.3) is 0 Å². The van der Waals surface area contributed by atoms with Crippen LogP contribution >= 0.6 is 0 Å². The number of aromatic nitrogens is 1. The topological polar surface area (TPSA) is 101 Å². The maximum Gasteiger partial charge on any atom is 0.337 e. The first kappa shape index (κ1) is 13.9. The summed E-state index contributed by atoms with van der Waals surface area (Å²) in [6, 6.07) is 2.12. The van der Waals surface area contributed by atoms with Gasteiger partial charge in [0, 0.05) is 12.1 Å². The minimum absolute atomic E-state index is 0.0350. The number of oxazole rings is 1. The van der Waals surface area contributed by atoms with E-state index in [1.165, 1.54) is 0 Å². The molecule has 0 amide bonds. The van der Waals surface area contributed by atoms with Gasteiger partial charge in [-0.3, -0.25) is 0 Å². The Kier molecular flexibility index (Phi) is 3.88. The van der Waals surface area contributed by atoms with Gasteiger partial charge in [0.1, 0.15) is 11.6 Å². The minimum Gasteiger partial charge on any atom is -0.478 e. The number of halogens is 1. The molecule has 2 aromatic rings. The molecule has 0 unspecified atom stereocenters. The Morgan fingerprint density at radius 3 is 2.90 bits per heavy atom. The number of nitrogens with two attached hydrogens (primary N) is 1. The van der Waals surface area contributed by atoms with Crippen molar-refractivity contribution in [2.75, 3.05) is 11.1 Å². The third-order valence-electron chi connectivity index (χ3n) is 2.75. The van der Waals surface area contributed by atoms with Crippen LogP contribution in [0.2, 0.25) is 0 Å². The molecule has 106 valence electrons. The molecule has 0 radical (unpaired) electrons. The lowest BCUT2D eigenvalue weighted by Gasteiger charge is -2.08. The van der Waals surface area contributed by atoms with E-state index in [-0.39, 0.29) is 23.5 Å². The molecule has 4 N–H and O–H groups in total. The van der Waals surface area contributed by atoms with E-state index < -0.39 is 11.8 Å². The van der Waals surface area contributed by atoms with Crippen LogP contribution in [0, 0.1) is 5.82 Å². The number of nitrogens with zero attached hydrogens (tertiary/aromatic N) is 1. The quantitative estimate of drug-likeness (QED) is 0.726. The highest BCUT2D eigenvalue weighted by Gasteiger charge is 2.13. The molecule has 0 bridgehead atoms. The number of nitrogen functional groups attached to an aromatic ring is 1. The number of aromatic carboxylic acids is 1. The Morgan fingerprint density at radius 1 is 1.55 bits per heavy atom. The van der Waals surface area contributed by atoms with Crippen molar-refractivity contribution >= 4 is 17.3 Å². The van der Waals surface area contributed by atoms with Crippen LogP contribution < -0.4 is 11.1 Å². The van der Waals surface area contributed by atoms with Crippen LogP contribution in [0.5, 0.6) is 0 Å². The number of hydrogen-bond acceptors (Lipinski definition) is 5. The van der Waals surface area contributed by atoms with Crippen molar-refractivity contribution < 1.29 is 18.7 Å². The Morgan fingerprint density at radius 2 is 2.30 bits per heavy atom. The number of rotatable bonds is 5. The van der Waals surface area contributed by atoms with Crippen LogP contribution in [0.1, 0.15) is 28.9 Å². The van der Waals surface area contributed by atoms with Gasteiger partial charge >= 0.3 is 5.97 Å². The molecule has 1 heterocycles. The van der Waals surface area contributed by atoms with E-state index >= 15 is 0 Å². The van der Waals surface area contributed by atoms with Gasteiger partial charge in [-0.05, 0) is 12.1 Å². The molecule has 0 saturated carbocycles. The summed E-state index contributed by atoms with van der Waals surface area (Å²) < 4.78 is 19.0. The highest BCUT2D eigenvalue weighted by Crippen LogP contribution is 2.22. The largest absolute Gasteiger partial charge is 0.478 e. The van der Waals surface area contributed by atoms with Crippen LogP contribution in [0.15, 0.2) is 22.7 Å². The fourth-order valence-electron chi connectivity index (χ4n) is 1.67. The summed E-state index contributed by atoms with van der Waals surface area (Å²) in [5, 5.41) is 11.7. The van der Waals surface area contributed by atoms with Crippen LogP contribution in [-0.2, 0) is 13.0 Å². The predicted octanol–water partition coefficient (Wildman–Crippen LogP) is 2.27. The highest BCUT2D eigenvalue weighted by molar-refractivity contribution is 5.94. The number of nitrogens with one attached hydrogen (secondary N) is 1. The van der Waals surface area contributed by atoms with E-state index in [2.05, 4.69) is 10.3 Å². The molecule has 0 atom stereocenters. The van der Waals surface area contributed by atoms with E-state index in [0.29, 0.717) is 12.3 Å². The predicted molar refractivity (Wildman–Crippen MR) is 71.0 cm³/mol. The molecule has 0 saturated heterocycles. The zero-order valence-electron chi connectivity index (χ0n) is 10.8. The number of aryl methyl sites for hydroxylation is 1. The van der Waals surface area contributed by atoms with E-state index in [4.69, 9.17) is 15.3 Å². The van der Waals surface area contributed by atoms with Crippen LogP contribution in [0.3, 0.4) is 0 Å². The monoisotopic (exact) mass is 279 g/mol. The number of carbonyl (C=O) groups is 1. The maximum atomic E-state index is 13.7. The molecule has 0 spiro atoms. The highest BCUT2D eigenvalue weighted by atomic mass is 19.1. The summed E-state index contributed by atoms with van der Waals surface area (Å²) in [5.74, 6) is -0.717. The average Bonchev–Trinajstić information content (AvgIpc) is 2.85. The van der Waals surface area contributed by atoms with Crippen molar-refractivity contribution in [3.63, 3.8) is 0 Å². The average molecular weight is 279 g/mol. The smallest absolute Gasteiger partial charge is 0.337 e. The fraction of sp³-hybridized carbons (Fsp3) is 0.231. The zero-order chi connectivity index (χ0) is 14.7. The van der Waals surface area contributed by atoms with Crippen molar-refractivity contribution in [2.24, 2.45) is 0 Å². The van der Waals surface area contributed by atoms with Gasteiger partial charge < -0.3 is 20.6 Å². The molecular formula is C13H14FN3O3. The second-order valence-electron chi connectivity index (χ2n) is 4.15. The fourth-order valence-corrected chi connectivity index (χ4v) is 1.67. The van der Waals surface area contributed by atoms with Gasteiger partial charge in [-0.15, -0.1) is 0 Å². The lowest BCUT2D eigenvalue weighted by atomic mass is 10.1. The summed E-state index contributed by atoms with van der Waals surface area (Å²) >= 11 is 0. The van der Waals surface area contributed by atoms with E-state index in [0.717, 1.165) is 17.9 Å². The molecular weight excluding hydrogens is 265 g/mol. The molecule has 2 rings (SSSR count). The Hall–Kier alpha value is -2.57. The molecule has 20 heavy (non-hydrogen) atoms. The standard InChI is InChI=1S/C13H14FN3O3/c1-2-7-5-17-12(20-7)6-16-11-3-8(13(18)19)10(15)4-9(11)14/h3-5,16H,2,6,15H2,1H3,(H,18,19). The van der Waals surface area contributed by atoms with Crippen molar-refractivity contribution in [2.45, 2.75) is 19.9 Å². The van der Waals surface area contributed by atoms with Crippen LogP contribution in [0.25, 0.3) is 0 Å².